The summed E-state index contributed by atoms with van der Waals surface area (Å²) in [6.45, 7) is 2.99. The van der Waals surface area contributed by atoms with Gasteiger partial charge in [0.15, 0.2) is 0 Å². The maximum absolute atomic E-state index is 13.8. The lowest BCUT2D eigenvalue weighted by Crippen LogP contribution is -2.44. The van der Waals surface area contributed by atoms with Gasteiger partial charge in [0.1, 0.15) is 11.5 Å². The number of allylic oxidation sites excluding steroid dienone is 1. The highest BCUT2D eigenvalue weighted by Crippen LogP contribution is 2.55. The third kappa shape index (κ3) is 5.18. The molecule has 10 heteroatoms. The van der Waals surface area contributed by atoms with Crippen molar-refractivity contribution in [3.63, 3.8) is 0 Å². The van der Waals surface area contributed by atoms with Crippen LogP contribution in [0.1, 0.15) is 72.6 Å². The van der Waals surface area contributed by atoms with Crippen LogP contribution < -0.4 is 4.90 Å². The first-order valence-electron chi connectivity index (χ1n) is 14.5. The van der Waals surface area contributed by atoms with Gasteiger partial charge in [0.05, 0.1) is 16.6 Å². The van der Waals surface area contributed by atoms with Gasteiger partial charge in [0.25, 0.3) is 0 Å². The van der Waals surface area contributed by atoms with Crippen LogP contribution in [-0.2, 0) is 12.4 Å². The van der Waals surface area contributed by atoms with Gasteiger partial charge in [0.2, 0.25) is 0 Å². The van der Waals surface area contributed by atoms with Crippen LogP contribution in [0.4, 0.5) is 32.0 Å². The normalized spacial score (nSPS) is 18.8. The van der Waals surface area contributed by atoms with Gasteiger partial charge in [-0.15, -0.1) is 0 Å². The SMILES string of the molecule is Cc1cc(C(F)(F)F)c2cc(N3CCC4(CC3)CC(=Cc3c(-c5ccccc5C(F)(F)F)noc3C3CC3)C4)ccc2n1. The van der Waals surface area contributed by atoms with Gasteiger partial charge in [-0.3, -0.25) is 4.98 Å². The predicted molar refractivity (Wildman–Crippen MR) is 151 cm³/mol. The van der Waals surface area contributed by atoms with Gasteiger partial charge in [-0.2, -0.15) is 26.3 Å². The van der Waals surface area contributed by atoms with Crippen molar-refractivity contribution in [3.05, 3.63) is 82.2 Å². The maximum atomic E-state index is 13.8. The molecular weight excluding hydrogens is 568 g/mol. The zero-order valence-corrected chi connectivity index (χ0v) is 23.4. The van der Waals surface area contributed by atoms with E-state index in [4.69, 9.17) is 4.52 Å². The Balaban J connectivity index is 1.10. The first kappa shape index (κ1) is 28.0. The Hall–Kier alpha value is -3.82. The van der Waals surface area contributed by atoms with Crippen LogP contribution in [0.15, 0.2) is 58.6 Å². The van der Waals surface area contributed by atoms with Crippen molar-refractivity contribution in [2.45, 2.75) is 63.7 Å². The molecule has 4 nitrogen and oxygen atoms in total. The summed E-state index contributed by atoms with van der Waals surface area (Å²) in [7, 11) is 0. The van der Waals surface area contributed by atoms with Crippen LogP contribution in [0, 0.1) is 12.3 Å². The quantitative estimate of drug-likeness (QED) is 0.220. The lowest BCUT2D eigenvalue weighted by molar-refractivity contribution is -0.137. The van der Waals surface area contributed by atoms with E-state index in [1.165, 1.54) is 12.1 Å². The topological polar surface area (TPSA) is 42.2 Å². The molecular formula is C33H29F6N3O. The van der Waals surface area contributed by atoms with Gasteiger partial charge < -0.3 is 9.42 Å². The fourth-order valence-electron chi connectivity index (χ4n) is 6.81. The van der Waals surface area contributed by atoms with E-state index >= 15 is 0 Å². The summed E-state index contributed by atoms with van der Waals surface area (Å²) in [4.78, 5) is 6.42. The molecule has 3 aliphatic rings. The summed E-state index contributed by atoms with van der Waals surface area (Å²) in [5, 5.41) is 4.23. The zero-order chi connectivity index (χ0) is 30.1. The fraction of sp³-hybridized carbons (Fsp3) is 0.394. The number of aryl methyl sites for hydroxylation is 1. The summed E-state index contributed by atoms with van der Waals surface area (Å²) in [6.07, 6.45) is -1.72. The molecule has 4 aromatic rings. The second kappa shape index (κ2) is 9.86. The van der Waals surface area contributed by atoms with Crippen LogP contribution >= 0.6 is 0 Å². The molecule has 3 fully saturated rings. The van der Waals surface area contributed by atoms with Gasteiger partial charge in [-0.1, -0.05) is 28.9 Å². The van der Waals surface area contributed by atoms with Gasteiger partial charge in [-0.25, -0.2) is 0 Å². The van der Waals surface area contributed by atoms with Crippen molar-refractivity contribution in [1.82, 2.24) is 10.1 Å². The van der Waals surface area contributed by atoms with Crippen molar-refractivity contribution in [1.29, 1.82) is 0 Å². The number of hydrogen-bond acceptors (Lipinski definition) is 4. The molecule has 0 radical (unpaired) electrons. The second-order valence-electron chi connectivity index (χ2n) is 12.3. The average Bonchev–Trinajstić information content (AvgIpc) is 3.70. The largest absolute Gasteiger partial charge is 0.417 e. The van der Waals surface area contributed by atoms with Gasteiger partial charge in [0, 0.05) is 46.9 Å². The van der Waals surface area contributed by atoms with E-state index < -0.39 is 23.5 Å². The van der Waals surface area contributed by atoms with E-state index in [2.05, 4.69) is 15.0 Å². The minimum atomic E-state index is -4.51. The molecule has 43 heavy (non-hydrogen) atoms. The number of aromatic nitrogens is 2. The van der Waals surface area contributed by atoms with E-state index in [9.17, 15) is 26.3 Å². The lowest BCUT2D eigenvalue weighted by Gasteiger charge is -2.50. The van der Waals surface area contributed by atoms with E-state index in [0.29, 0.717) is 35.6 Å². The molecule has 0 amide bonds. The predicted octanol–water partition coefficient (Wildman–Crippen LogP) is 9.58. The molecule has 2 saturated carbocycles. The van der Waals surface area contributed by atoms with Crippen LogP contribution in [0.2, 0.25) is 0 Å². The Labute approximate surface area is 244 Å². The van der Waals surface area contributed by atoms with Crippen molar-refractivity contribution >= 4 is 22.7 Å². The molecule has 7 rings (SSSR count). The Morgan fingerprint density at radius 2 is 1.60 bits per heavy atom. The van der Waals surface area contributed by atoms with Gasteiger partial charge in [-0.05, 0) is 87.3 Å². The molecule has 2 aromatic carbocycles. The highest BCUT2D eigenvalue weighted by Gasteiger charge is 2.44. The summed E-state index contributed by atoms with van der Waals surface area (Å²) in [5.74, 6) is 0.844. The van der Waals surface area contributed by atoms with Crippen LogP contribution in [0.25, 0.3) is 28.2 Å². The minimum absolute atomic E-state index is 0.0225. The summed E-state index contributed by atoms with van der Waals surface area (Å²) >= 11 is 0. The number of pyridine rings is 1. The molecule has 1 saturated heterocycles. The standard InChI is InChI=1S/C33H29F6N3O/c1-19-14-27(33(37,38)39)24-16-22(8-9-28(24)40-19)42-12-10-31(11-13-42)17-20(18-31)15-25-29(41-43-30(25)21-6-7-21)23-4-2-3-5-26(23)32(34,35)36/h2-5,8-9,14-16,21H,6-7,10-13,17-18H2,1H3. The number of piperidine rings is 1. The Morgan fingerprint density at radius 1 is 0.907 bits per heavy atom. The molecule has 0 bridgehead atoms. The molecule has 224 valence electrons. The first-order valence-corrected chi connectivity index (χ1v) is 14.5. The van der Waals surface area contributed by atoms with E-state index in [-0.39, 0.29) is 28.0 Å². The number of hydrogen-bond donors (Lipinski definition) is 0. The molecule has 1 spiro atoms. The van der Waals surface area contributed by atoms with Crippen LogP contribution in [-0.4, -0.2) is 23.2 Å². The highest BCUT2D eigenvalue weighted by molar-refractivity contribution is 5.86. The monoisotopic (exact) mass is 597 g/mol. The molecule has 0 N–H and O–H groups in total. The fourth-order valence-corrected chi connectivity index (χ4v) is 6.81. The third-order valence-corrected chi connectivity index (χ3v) is 9.16. The first-order chi connectivity index (χ1) is 20.4. The van der Waals surface area contributed by atoms with Crippen molar-refractivity contribution in [2.75, 3.05) is 18.0 Å². The molecule has 0 atom stereocenters. The minimum Gasteiger partial charge on any atom is -0.371 e. The number of rotatable bonds is 4. The Morgan fingerprint density at radius 3 is 2.28 bits per heavy atom. The van der Waals surface area contributed by atoms with E-state index in [1.807, 2.05) is 12.1 Å². The van der Waals surface area contributed by atoms with E-state index in [1.54, 1.807) is 25.1 Å². The van der Waals surface area contributed by atoms with Crippen molar-refractivity contribution in [2.24, 2.45) is 5.41 Å². The molecule has 2 aromatic heterocycles. The number of halogens is 6. The number of nitrogens with zero attached hydrogens (tertiary/aromatic N) is 3. The third-order valence-electron chi connectivity index (χ3n) is 9.16. The Bertz CT molecular complexity index is 1730. The Kier molecular flexibility index (Phi) is 6.41. The molecule has 1 aliphatic heterocycles. The van der Waals surface area contributed by atoms with Crippen molar-refractivity contribution in [3.8, 4) is 11.3 Å². The summed E-state index contributed by atoms with van der Waals surface area (Å²) in [6, 6.07) is 11.7. The highest BCUT2D eigenvalue weighted by atomic mass is 19.4. The number of fused-ring (bicyclic) bond motifs is 1. The molecule has 2 aliphatic carbocycles. The number of anilines is 1. The number of benzene rings is 2. The maximum Gasteiger partial charge on any atom is 0.417 e. The summed E-state index contributed by atoms with van der Waals surface area (Å²) < 4.78 is 88.3. The molecule has 3 heterocycles. The lowest BCUT2D eigenvalue weighted by atomic mass is 9.60. The molecule has 0 unspecified atom stereocenters. The van der Waals surface area contributed by atoms with Crippen molar-refractivity contribution < 1.29 is 30.9 Å². The number of alkyl halides is 6. The van der Waals surface area contributed by atoms with E-state index in [0.717, 1.165) is 61.9 Å². The van der Waals surface area contributed by atoms with Gasteiger partial charge >= 0.3 is 12.4 Å². The average molecular weight is 598 g/mol. The zero-order valence-electron chi connectivity index (χ0n) is 23.4. The smallest absolute Gasteiger partial charge is 0.371 e. The van der Waals surface area contributed by atoms with Crippen LogP contribution in [0.3, 0.4) is 0 Å². The second-order valence-corrected chi connectivity index (χ2v) is 12.3. The van der Waals surface area contributed by atoms with Crippen LogP contribution in [0.5, 0.6) is 0 Å². The summed E-state index contributed by atoms with van der Waals surface area (Å²) in [5.41, 5.74) is 2.15.